The zero-order chi connectivity index (χ0) is 9.23. The minimum atomic E-state index is -1.64. The number of alkyl halides is 3. The molecule has 0 saturated carbocycles. The van der Waals surface area contributed by atoms with Gasteiger partial charge in [0, 0.05) is 0 Å². The molecule has 0 aliphatic carbocycles. The Morgan fingerprint density at radius 2 is 1.82 bits per heavy atom. The molecule has 64 valence electrons. The van der Waals surface area contributed by atoms with E-state index in [-0.39, 0.29) is 5.78 Å². The highest BCUT2D eigenvalue weighted by molar-refractivity contribution is 9.11. The van der Waals surface area contributed by atoms with Gasteiger partial charge in [-0.05, 0) is 29.8 Å². The molecular formula is C6H7BrCl2O2. The second-order valence-corrected chi connectivity index (χ2v) is 5.62. The van der Waals surface area contributed by atoms with Crippen LogP contribution in [-0.4, -0.2) is 14.8 Å². The maximum Gasteiger partial charge on any atom is 0.230 e. The van der Waals surface area contributed by atoms with Crippen molar-refractivity contribution in [2.24, 2.45) is 5.92 Å². The summed E-state index contributed by atoms with van der Waals surface area (Å²) >= 11 is 13.5. The Balaban J connectivity index is 4.39. The monoisotopic (exact) mass is 260 g/mol. The lowest BCUT2D eigenvalue weighted by Crippen LogP contribution is -2.29. The van der Waals surface area contributed by atoms with Gasteiger partial charge in [-0.3, -0.25) is 9.59 Å². The van der Waals surface area contributed by atoms with E-state index in [1.165, 1.54) is 13.8 Å². The Kier molecular flexibility index (Phi) is 4.02. The summed E-state index contributed by atoms with van der Waals surface area (Å²) in [6.45, 7) is 2.78. The second kappa shape index (κ2) is 3.87. The van der Waals surface area contributed by atoms with E-state index in [0.717, 1.165) is 0 Å². The lowest BCUT2D eigenvalue weighted by molar-refractivity contribution is -0.130. The molecule has 0 N–H and O–H groups in total. The molecule has 0 bridgehead atoms. The third kappa shape index (κ3) is 3.54. The molecule has 0 rings (SSSR count). The quantitative estimate of drug-likeness (QED) is 0.577. The van der Waals surface area contributed by atoms with Gasteiger partial charge in [0.05, 0.1) is 5.92 Å². The van der Waals surface area contributed by atoms with Crippen LogP contribution in [0.3, 0.4) is 0 Å². The zero-order valence-electron chi connectivity index (χ0n) is 6.03. The molecule has 5 heteroatoms. The van der Waals surface area contributed by atoms with Crippen LogP contribution in [0.4, 0.5) is 0 Å². The first-order chi connectivity index (χ1) is 4.76. The summed E-state index contributed by atoms with van der Waals surface area (Å²) in [5.74, 6) is -1.54. The zero-order valence-corrected chi connectivity index (χ0v) is 9.13. The molecule has 2 nitrogen and oxygen atoms in total. The van der Waals surface area contributed by atoms with Crippen molar-refractivity contribution in [3.63, 3.8) is 0 Å². The van der Waals surface area contributed by atoms with Crippen LogP contribution in [0.5, 0.6) is 0 Å². The Labute approximate surface area is 83.4 Å². The lowest BCUT2D eigenvalue weighted by Gasteiger charge is -2.13. The molecule has 0 saturated heterocycles. The minimum Gasteiger partial charge on any atom is -0.299 e. The van der Waals surface area contributed by atoms with Crippen LogP contribution in [0.1, 0.15) is 13.8 Å². The molecule has 1 unspecified atom stereocenters. The van der Waals surface area contributed by atoms with Gasteiger partial charge < -0.3 is 0 Å². The Morgan fingerprint density at radius 1 is 1.45 bits per heavy atom. The summed E-state index contributed by atoms with van der Waals surface area (Å²) in [6.07, 6.45) is 0. The van der Waals surface area contributed by atoms with Crippen molar-refractivity contribution in [1.82, 2.24) is 0 Å². The van der Waals surface area contributed by atoms with Crippen molar-refractivity contribution in [3.8, 4) is 0 Å². The van der Waals surface area contributed by atoms with Gasteiger partial charge in [-0.2, -0.15) is 0 Å². The van der Waals surface area contributed by atoms with E-state index < -0.39 is 14.9 Å². The van der Waals surface area contributed by atoms with Gasteiger partial charge in [-0.25, -0.2) is 0 Å². The van der Waals surface area contributed by atoms with E-state index in [0.29, 0.717) is 0 Å². The molecule has 0 aromatic carbocycles. The fourth-order valence-corrected chi connectivity index (χ4v) is 1.10. The van der Waals surface area contributed by atoms with Gasteiger partial charge in [0.15, 0.2) is 5.78 Å². The highest BCUT2D eigenvalue weighted by Crippen LogP contribution is 2.32. The van der Waals surface area contributed by atoms with E-state index in [4.69, 9.17) is 23.2 Å². The van der Waals surface area contributed by atoms with E-state index in [1.54, 1.807) is 0 Å². The number of halogens is 3. The summed E-state index contributed by atoms with van der Waals surface area (Å²) in [6, 6.07) is 0. The number of ketones is 2. The first-order valence-corrected chi connectivity index (χ1v) is 4.43. The van der Waals surface area contributed by atoms with Crippen molar-refractivity contribution in [2.75, 3.05) is 0 Å². The average molecular weight is 262 g/mol. The molecule has 0 aromatic rings. The van der Waals surface area contributed by atoms with Gasteiger partial charge >= 0.3 is 0 Å². The van der Waals surface area contributed by atoms with Crippen LogP contribution in [0.25, 0.3) is 0 Å². The number of hydrogen-bond donors (Lipinski definition) is 0. The number of carbonyl (C=O) groups excluding carboxylic acids is 2. The van der Waals surface area contributed by atoms with E-state index in [1.807, 2.05) is 0 Å². The predicted molar refractivity (Wildman–Crippen MR) is 48.2 cm³/mol. The summed E-state index contributed by atoms with van der Waals surface area (Å²) < 4.78 is -1.64. The molecule has 0 amide bonds. The van der Waals surface area contributed by atoms with Crippen molar-refractivity contribution >= 4 is 50.7 Å². The van der Waals surface area contributed by atoms with Crippen molar-refractivity contribution < 1.29 is 9.59 Å². The topological polar surface area (TPSA) is 34.1 Å². The SMILES string of the molecule is CC(=O)C(C)C(=O)C(Cl)(Cl)Br. The summed E-state index contributed by atoms with van der Waals surface area (Å²) in [5, 5.41) is 0. The molecule has 0 aliphatic heterocycles. The Morgan fingerprint density at radius 3 is 1.91 bits per heavy atom. The molecule has 0 aromatic heterocycles. The van der Waals surface area contributed by atoms with Crippen LogP contribution in [-0.2, 0) is 9.59 Å². The lowest BCUT2D eigenvalue weighted by atomic mass is 10.0. The Bertz CT molecular complexity index is 186. The minimum absolute atomic E-state index is 0.250. The van der Waals surface area contributed by atoms with Gasteiger partial charge in [-0.1, -0.05) is 23.2 Å². The maximum absolute atomic E-state index is 11.1. The number of hydrogen-bond acceptors (Lipinski definition) is 2. The summed E-state index contributed by atoms with van der Waals surface area (Å²) in [5.41, 5.74) is 0. The molecule has 11 heavy (non-hydrogen) atoms. The second-order valence-electron chi connectivity index (χ2n) is 2.19. The van der Waals surface area contributed by atoms with Gasteiger partial charge in [-0.15, -0.1) is 0 Å². The molecular weight excluding hydrogens is 255 g/mol. The highest BCUT2D eigenvalue weighted by atomic mass is 79.9. The molecule has 0 fully saturated rings. The third-order valence-corrected chi connectivity index (χ3v) is 2.05. The summed E-state index contributed by atoms with van der Waals surface area (Å²) in [4.78, 5) is 21.7. The van der Waals surface area contributed by atoms with Crippen LogP contribution < -0.4 is 0 Å². The van der Waals surface area contributed by atoms with E-state index in [2.05, 4.69) is 15.9 Å². The fourth-order valence-electron chi connectivity index (χ4n) is 0.430. The van der Waals surface area contributed by atoms with Crippen molar-refractivity contribution in [1.29, 1.82) is 0 Å². The molecule has 0 heterocycles. The molecule has 0 spiro atoms. The van der Waals surface area contributed by atoms with Crippen LogP contribution in [0, 0.1) is 5.92 Å². The third-order valence-electron chi connectivity index (χ3n) is 1.28. The van der Waals surface area contributed by atoms with Crippen LogP contribution in [0.2, 0.25) is 0 Å². The smallest absolute Gasteiger partial charge is 0.230 e. The molecule has 0 radical (unpaired) electrons. The first-order valence-electron chi connectivity index (χ1n) is 2.88. The summed E-state index contributed by atoms with van der Waals surface area (Å²) in [7, 11) is 0. The van der Waals surface area contributed by atoms with E-state index >= 15 is 0 Å². The number of rotatable bonds is 3. The van der Waals surface area contributed by atoms with Gasteiger partial charge in [0.1, 0.15) is 5.78 Å². The normalized spacial score (nSPS) is 14.3. The first kappa shape index (κ1) is 11.4. The van der Waals surface area contributed by atoms with Crippen LogP contribution in [0.15, 0.2) is 0 Å². The van der Waals surface area contributed by atoms with Gasteiger partial charge in [0.25, 0.3) is 0 Å². The number of Topliss-reactive ketones (excluding diaryl/α,β-unsaturated/α-hetero) is 2. The largest absolute Gasteiger partial charge is 0.299 e. The number of carbonyl (C=O) groups is 2. The Hall–Kier alpha value is 0.400. The van der Waals surface area contributed by atoms with E-state index in [9.17, 15) is 9.59 Å². The van der Waals surface area contributed by atoms with Gasteiger partial charge in [0.2, 0.25) is 3.24 Å². The van der Waals surface area contributed by atoms with Crippen LogP contribution >= 0.6 is 39.1 Å². The predicted octanol–water partition coefficient (Wildman–Crippen LogP) is 2.31. The molecule has 0 aliphatic rings. The standard InChI is InChI=1S/C6H7BrCl2O2/c1-3(4(2)10)5(11)6(7,8)9/h3H,1-2H3. The fraction of sp³-hybridized carbons (Fsp3) is 0.667. The highest BCUT2D eigenvalue weighted by Gasteiger charge is 2.35. The average Bonchev–Trinajstić information content (AvgIpc) is 1.82. The molecule has 1 atom stereocenters. The van der Waals surface area contributed by atoms with Crippen molar-refractivity contribution in [2.45, 2.75) is 17.1 Å². The maximum atomic E-state index is 11.1. The van der Waals surface area contributed by atoms with Crippen molar-refractivity contribution in [3.05, 3.63) is 0 Å².